The molecule has 4 heteroatoms. The van der Waals surface area contributed by atoms with Crippen molar-refractivity contribution in [1.82, 2.24) is 9.80 Å². The van der Waals surface area contributed by atoms with Gasteiger partial charge in [-0.2, -0.15) is 0 Å². The van der Waals surface area contributed by atoms with E-state index in [4.69, 9.17) is 0 Å². The van der Waals surface area contributed by atoms with E-state index in [9.17, 15) is 9.90 Å². The van der Waals surface area contributed by atoms with Crippen LogP contribution >= 0.6 is 0 Å². The van der Waals surface area contributed by atoms with E-state index >= 15 is 0 Å². The summed E-state index contributed by atoms with van der Waals surface area (Å²) in [7, 11) is 0. The summed E-state index contributed by atoms with van der Waals surface area (Å²) in [6.07, 6.45) is -0.884. The molecule has 4 nitrogen and oxygen atoms in total. The molecule has 1 aliphatic heterocycles. The SMILES string of the molecule is CC(O)C(=O)N1CCN(Cc2ccccc2)CC1. The van der Waals surface area contributed by atoms with E-state index in [-0.39, 0.29) is 5.91 Å². The van der Waals surface area contributed by atoms with Crippen LogP contribution in [0.2, 0.25) is 0 Å². The van der Waals surface area contributed by atoms with Crippen molar-refractivity contribution in [1.29, 1.82) is 0 Å². The molecule has 98 valence electrons. The highest BCUT2D eigenvalue weighted by atomic mass is 16.3. The van der Waals surface area contributed by atoms with Gasteiger partial charge in [-0.05, 0) is 12.5 Å². The van der Waals surface area contributed by atoms with Gasteiger partial charge in [0.15, 0.2) is 0 Å². The number of aliphatic hydroxyl groups excluding tert-OH is 1. The van der Waals surface area contributed by atoms with Crippen molar-refractivity contribution in [3.8, 4) is 0 Å². The van der Waals surface area contributed by atoms with Crippen LogP contribution in [-0.2, 0) is 11.3 Å². The smallest absolute Gasteiger partial charge is 0.251 e. The lowest BCUT2D eigenvalue weighted by atomic mass is 10.2. The van der Waals surface area contributed by atoms with Crippen LogP contribution in [0.25, 0.3) is 0 Å². The predicted molar refractivity (Wildman–Crippen MR) is 70.0 cm³/mol. The monoisotopic (exact) mass is 248 g/mol. The Balaban J connectivity index is 1.82. The molecule has 1 aromatic carbocycles. The van der Waals surface area contributed by atoms with E-state index in [1.165, 1.54) is 12.5 Å². The number of aliphatic hydroxyl groups is 1. The number of nitrogens with zero attached hydrogens (tertiary/aromatic N) is 2. The molecule has 1 amide bonds. The van der Waals surface area contributed by atoms with Gasteiger partial charge >= 0.3 is 0 Å². The molecule has 0 bridgehead atoms. The van der Waals surface area contributed by atoms with Crippen LogP contribution in [-0.4, -0.2) is 53.1 Å². The summed E-state index contributed by atoms with van der Waals surface area (Å²) in [5.74, 6) is -0.158. The van der Waals surface area contributed by atoms with Gasteiger partial charge in [-0.3, -0.25) is 9.69 Å². The zero-order valence-electron chi connectivity index (χ0n) is 10.7. The predicted octanol–water partition coefficient (Wildman–Crippen LogP) is 0.712. The zero-order chi connectivity index (χ0) is 13.0. The van der Waals surface area contributed by atoms with Gasteiger partial charge in [0.2, 0.25) is 0 Å². The van der Waals surface area contributed by atoms with E-state index < -0.39 is 6.10 Å². The molecule has 1 saturated heterocycles. The van der Waals surface area contributed by atoms with Crippen LogP contribution in [0.3, 0.4) is 0 Å². The number of carbonyl (C=O) groups excluding carboxylic acids is 1. The summed E-state index contributed by atoms with van der Waals surface area (Å²) in [6.45, 7) is 5.60. The second-order valence-corrected chi connectivity index (χ2v) is 4.76. The number of hydrogen-bond acceptors (Lipinski definition) is 3. The maximum Gasteiger partial charge on any atom is 0.251 e. The van der Waals surface area contributed by atoms with Crippen molar-refractivity contribution in [2.24, 2.45) is 0 Å². The molecule has 0 saturated carbocycles. The summed E-state index contributed by atoms with van der Waals surface area (Å²) < 4.78 is 0. The second-order valence-electron chi connectivity index (χ2n) is 4.76. The van der Waals surface area contributed by atoms with Gasteiger partial charge in [-0.15, -0.1) is 0 Å². The molecular weight excluding hydrogens is 228 g/mol. The van der Waals surface area contributed by atoms with Gasteiger partial charge < -0.3 is 10.0 Å². The first-order valence-electron chi connectivity index (χ1n) is 6.40. The number of carbonyl (C=O) groups is 1. The Morgan fingerprint density at radius 1 is 1.22 bits per heavy atom. The lowest BCUT2D eigenvalue weighted by Crippen LogP contribution is -2.50. The van der Waals surface area contributed by atoms with Crippen LogP contribution in [0.15, 0.2) is 30.3 Å². The Hall–Kier alpha value is -1.39. The number of hydrogen-bond donors (Lipinski definition) is 1. The van der Waals surface area contributed by atoms with Gasteiger partial charge in [0.05, 0.1) is 0 Å². The number of amides is 1. The molecule has 0 radical (unpaired) electrons. The van der Waals surface area contributed by atoms with Gasteiger partial charge in [0.1, 0.15) is 6.10 Å². The molecule has 0 spiro atoms. The standard InChI is InChI=1S/C14H20N2O2/c1-12(17)14(18)16-9-7-15(8-10-16)11-13-5-3-2-4-6-13/h2-6,12,17H,7-11H2,1H3. The third kappa shape index (κ3) is 3.31. The van der Waals surface area contributed by atoms with E-state index in [2.05, 4.69) is 17.0 Å². The Bertz CT molecular complexity index is 384. The minimum absolute atomic E-state index is 0.158. The summed E-state index contributed by atoms with van der Waals surface area (Å²) in [5.41, 5.74) is 1.30. The highest BCUT2D eigenvalue weighted by molar-refractivity contribution is 5.80. The summed E-state index contributed by atoms with van der Waals surface area (Å²) in [6, 6.07) is 10.3. The largest absolute Gasteiger partial charge is 0.384 e. The molecular formula is C14H20N2O2. The summed E-state index contributed by atoms with van der Waals surface area (Å²) in [4.78, 5) is 15.7. The van der Waals surface area contributed by atoms with E-state index in [0.29, 0.717) is 13.1 Å². The molecule has 1 aromatic rings. The Morgan fingerprint density at radius 2 is 1.83 bits per heavy atom. The number of rotatable bonds is 3. The average Bonchev–Trinajstić information content (AvgIpc) is 2.40. The maximum atomic E-state index is 11.6. The lowest BCUT2D eigenvalue weighted by Gasteiger charge is -2.35. The molecule has 0 aliphatic carbocycles. The van der Waals surface area contributed by atoms with Crippen molar-refractivity contribution in [2.45, 2.75) is 19.6 Å². The third-order valence-electron chi connectivity index (χ3n) is 3.29. The van der Waals surface area contributed by atoms with E-state index in [1.807, 2.05) is 18.2 Å². The van der Waals surface area contributed by atoms with Crippen molar-refractivity contribution >= 4 is 5.91 Å². The van der Waals surface area contributed by atoms with Crippen molar-refractivity contribution < 1.29 is 9.90 Å². The minimum Gasteiger partial charge on any atom is -0.384 e. The van der Waals surface area contributed by atoms with Crippen LogP contribution < -0.4 is 0 Å². The van der Waals surface area contributed by atoms with Crippen molar-refractivity contribution in [3.63, 3.8) is 0 Å². The van der Waals surface area contributed by atoms with Crippen molar-refractivity contribution in [2.75, 3.05) is 26.2 Å². The Kier molecular flexibility index (Phi) is 4.33. The normalized spacial score (nSPS) is 18.7. The third-order valence-corrected chi connectivity index (χ3v) is 3.29. The molecule has 1 aliphatic rings. The topological polar surface area (TPSA) is 43.8 Å². The second kappa shape index (κ2) is 5.98. The first-order chi connectivity index (χ1) is 8.66. The average molecular weight is 248 g/mol. The van der Waals surface area contributed by atoms with Gasteiger partial charge in [0, 0.05) is 32.7 Å². The van der Waals surface area contributed by atoms with Crippen LogP contribution in [0.5, 0.6) is 0 Å². The number of piperazine rings is 1. The number of benzene rings is 1. The highest BCUT2D eigenvalue weighted by Crippen LogP contribution is 2.09. The molecule has 2 rings (SSSR count). The first kappa shape index (κ1) is 13.1. The summed E-state index contributed by atoms with van der Waals surface area (Å²) >= 11 is 0. The molecule has 0 aromatic heterocycles. The molecule has 18 heavy (non-hydrogen) atoms. The highest BCUT2D eigenvalue weighted by Gasteiger charge is 2.23. The van der Waals surface area contributed by atoms with Crippen LogP contribution in [0.4, 0.5) is 0 Å². The summed E-state index contributed by atoms with van der Waals surface area (Å²) in [5, 5.41) is 9.27. The van der Waals surface area contributed by atoms with Crippen LogP contribution in [0.1, 0.15) is 12.5 Å². The minimum atomic E-state index is -0.884. The van der Waals surface area contributed by atoms with Gasteiger partial charge in [-0.1, -0.05) is 30.3 Å². The van der Waals surface area contributed by atoms with Gasteiger partial charge in [-0.25, -0.2) is 0 Å². The molecule has 1 heterocycles. The van der Waals surface area contributed by atoms with Crippen LogP contribution in [0, 0.1) is 0 Å². The fourth-order valence-corrected chi connectivity index (χ4v) is 2.23. The quantitative estimate of drug-likeness (QED) is 0.857. The molecule has 1 unspecified atom stereocenters. The van der Waals surface area contributed by atoms with E-state index in [1.54, 1.807) is 4.90 Å². The Labute approximate surface area is 108 Å². The Morgan fingerprint density at radius 3 is 2.39 bits per heavy atom. The van der Waals surface area contributed by atoms with E-state index in [0.717, 1.165) is 19.6 Å². The van der Waals surface area contributed by atoms with Crippen molar-refractivity contribution in [3.05, 3.63) is 35.9 Å². The molecule has 1 N–H and O–H groups in total. The maximum absolute atomic E-state index is 11.6. The molecule has 1 atom stereocenters. The fourth-order valence-electron chi connectivity index (χ4n) is 2.23. The fraction of sp³-hybridized carbons (Fsp3) is 0.500. The zero-order valence-corrected chi connectivity index (χ0v) is 10.7. The lowest BCUT2D eigenvalue weighted by molar-refractivity contribution is -0.141. The van der Waals surface area contributed by atoms with Gasteiger partial charge in [0.25, 0.3) is 5.91 Å². The first-order valence-corrected chi connectivity index (χ1v) is 6.40. The molecule has 1 fully saturated rings.